The summed E-state index contributed by atoms with van der Waals surface area (Å²) in [4.78, 5) is 0. The first kappa shape index (κ1) is 19.2. The summed E-state index contributed by atoms with van der Waals surface area (Å²) in [6, 6.07) is 15.2. The van der Waals surface area contributed by atoms with E-state index in [1.54, 1.807) is 0 Å². The van der Waals surface area contributed by atoms with Crippen molar-refractivity contribution in [3.05, 3.63) is 60.7 Å². The molecule has 0 spiro atoms. The van der Waals surface area contributed by atoms with Crippen LogP contribution in [0.1, 0.15) is 52.0 Å². The van der Waals surface area contributed by atoms with Gasteiger partial charge in [0.05, 0.1) is 5.71 Å². The van der Waals surface area contributed by atoms with Gasteiger partial charge in [-0.15, -0.1) is 6.58 Å². The Hall–Kier alpha value is -1.58. The van der Waals surface area contributed by atoms with Crippen LogP contribution in [0.2, 0.25) is 0 Å². The van der Waals surface area contributed by atoms with Gasteiger partial charge < -0.3 is 4.55 Å². The molecule has 0 N–H and O–H groups in total. The van der Waals surface area contributed by atoms with Gasteiger partial charge in [0.25, 0.3) is 0 Å². The quantitative estimate of drug-likeness (QED) is 0.469. The zero-order valence-corrected chi connectivity index (χ0v) is 16.9. The molecule has 0 heterocycles. The molecule has 3 heteroatoms. The van der Waals surface area contributed by atoms with Crippen LogP contribution in [-0.4, -0.2) is 15.0 Å². The van der Waals surface area contributed by atoms with Gasteiger partial charge >= 0.3 is 0 Å². The molecule has 1 unspecified atom stereocenters. The van der Waals surface area contributed by atoms with E-state index in [2.05, 4.69) is 49.0 Å². The van der Waals surface area contributed by atoms with E-state index in [9.17, 15) is 4.55 Å². The topological polar surface area (TPSA) is 35.4 Å². The van der Waals surface area contributed by atoms with E-state index < -0.39 is 11.4 Å². The van der Waals surface area contributed by atoms with Gasteiger partial charge in [0.2, 0.25) is 0 Å². The Morgan fingerprint density at radius 1 is 1.19 bits per heavy atom. The molecule has 138 valence electrons. The van der Waals surface area contributed by atoms with E-state index in [0.717, 1.165) is 37.8 Å². The Labute approximate surface area is 160 Å². The van der Waals surface area contributed by atoms with E-state index in [4.69, 9.17) is 4.40 Å². The van der Waals surface area contributed by atoms with Gasteiger partial charge in [-0.05, 0) is 69.2 Å². The van der Waals surface area contributed by atoms with Gasteiger partial charge in [0.1, 0.15) is 16.1 Å². The minimum atomic E-state index is -1.20. The fourth-order valence-electron chi connectivity index (χ4n) is 3.88. The third-order valence-electron chi connectivity index (χ3n) is 5.29. The van der Waals surface area contributed by atoms with Gasteiger partial charge in [-0.25, -0.2) is 0 Å². The van der Waals surface area contributed by atoms with Crippen molar-refractivity contribution in [3.8, 4) is 0 Å². The van der Waals surface area contributed by atoms with Crippen molar-refractivity contribution in [2.24, 2.45) is 9.81 Å². The fourth-order valence-corrected chi connectivity index (χ4v) is 4.64. The van der Waals surface area contributed by atoms with Crippen molar-refractivity contribution in [3.63, 3.8) is 0 Å². The maximum absolute atomic E-state index is 12.6. The molecule has 2 nitrogen and oxygen atoms in total. The van der Waals surface area contributed by atoms with Crippen LogP contribution in [0.25, 0.3) is 10.8 Å². The highest BCUT2D eigenvalue weighted by Crippen LogP contribution is 2.43. The molecule has 0 saturated heterocycles. The van der Waals surface area contributed by atoms with Crippen molar-refractivity contribution in [2.45, 2.75) is 57.6 Å². The standard InChI is InChI=1S/C23H29NOS/c1-5-14-23(15-8-11-21(23)24-26(25)22(2,3)4)17-18-12-13-19-9-6-7-10-20(19)16-18/h5-7,9-10,12-13,16H,1,8,11,14-15,17H2,2-4H3/b24-21+/t23-,26?/m1/s1. The van der Waals surface area contributed by atoms with Crippen molar-refractivity contribution in [1.29, 1.82) is 0 Å². The Bertz CT molecular complexity index is 820. The van der Waals surface area contributed by atoms with Crippen LogP contribution in [0.5, 0.6) is 0 Å². The molecule has 2 aromatic rings. The number of hydrogen-bond donors (Lipinski definition) is 0. The molecule has 0 bridgehead atoms. The second-order valence-corrected chi connectivity index (χ2v) is 10.3. The van der Waals surface area contributed by atoms with Crippen LogP contribution in [0.3, 0.4) is 0 Å². The molecule has 3 rings (SSSR count). The van der Waals surface area contributed by atoms with Crippen LogP contribution in [0, 0.1) is 5.41 Å². The smallest absolute Gasteiger partial charge is 0.144 e. The molecular weight excluding hydrogens is 338 g/mol. The lowest BCUT2D eigenvalue weighted by Crippen LogP contribution is -2.32. The van der Waals surface area contributed by atoms with E-state index in [-0.39, 0.29) is 10.2 Å². The minimum absolute atomic E-state index is 0.0366. The average molecular weight is 368 g/mol. The fraction of sp³-hybridized carbons (Fsp3) is 0.435. The molecular formula is C23H29NOS. The molecule has 1 saturated carbocycles. The second-order valence-electron chi connectivity index (χ2n) is 8.38. The van der Waals surface area contributed by atoms with Crippen molar-refractivity contribution in [1.82, 2.24) is 0 Å². The number of benzene rings is 2. The molecule has 2 atom stereocenters. The first-order valence-electron chi connectivity index (χ1n) is 9.43. The molecule has 1 fully saturated rings. The Kier molecular flexibility index (Phi) is 5.59. The third-order valence-corrected chi connectivity index (χ3v) is 6.72. The summed E-state index contributed by atoms with van der Waals surface area (Å²) in [7, 11) is 0. The molecule has 0 radical (unpaired) electrons. The largest absolute Gasteiger partial charge is 0.591 e. The summed E-state index contributed by atoms with van der Waals surface area (Å²) in [6.07, 6.45) is 6.97. The number of fused-ring (bicyclic) bond motifs is 1. The molecule has 0 aliphatic heterocycles. The molecule has 1 aliphatic carbocycles. The normalized spacial score (nSPS) is 23.5. The van der Waals surface area contributed by atoms with E-state index in [0.29, 0.717) is 0 Å². The van der Waals surface area contributed by atoms with Crippen molar-refractivity contribution >= 4 is 27.8 Å². The predicted octanol–water partition coefficient (Wildman–Crippen LogP) is 6.03. The third kappa shape index (κ3) is 4.05. The number of rotatable bonds is 5. The summed E-state index contributed by atoms with van der Waals surface area (Å²) in [5, 5.41) is 2.54. The van der Waals surface area contributed by atoms with Crippen LogP contribution in [-0.2, 0) is 17.8 Å². The van der Waals surface area contributed by atoms with E-state index in [1.807, 2.05) is 26.8 Å². The zero-order chi connectivity index (χ0) is 18.8. The summed E-state index contributed by atoms with van der Waals surface area (Å²) in [5.74, 6) is 0. The molecule has 0 amide bonds. The first-order valence-corrected chi connectivity index (χ1v) is 10.5. The molecule has 1 aliphatic rings. The highest BCUT2D eigenvalue weighted by Gasteiger charge is 2.41. The highest BCUT2D eigenvalue weighted by molar-refractivity contribution is 7.91. The van der Waals surface area contributed by atoms with Gasteiger partial charge in [0.15, 0.2) is 0 Å². The lowest BCUT2D eigenvalue weighted by molar-refractivity contribution is 0.414. The molecule has 26 heavy (non-hydrogen) atoms. The lowest BCUT2D eigenvalue weighted by Gasteiger charge is -2.30. The van der Waals surface area contributed by atoms with Crippen LogP contribution >= 0.6 is 0 Å². The lowest BCUT2D eigenvalue weighted by atomic mass is 9.76. The Morgan fingerprint density at radius 3 is 2.62 bits per heavy atom. The predicted molar refractivity (Wildman–Crippen MR) is 114 cm³/mol. The molecule has 2 aromatic carbocycles. The summed E-state index contributed by atoms with van der Waals surface area (Å²) in [6.45, 7) is 9.95. The number of hydrogen-bond acceptors (Lipinski definition) is 2. The van der Waals surface area contributed by atoms with Crippen molar-refractivity contribution < 1.29 is 4.55 Å². The van der Waals surface area contributed by atoms with Gasteiger partial charge in [-0.1, -0.05) is 52.9 Å². The van der Waals surface area contributed by atoms with Crippen LogP contribution in [0.4, 0.5) is 0 Å². The first-order chi connectivity index (χ1) is 12.3. The Balaban J connectivity index is 1.95. The Morgan fingerprint density at radius 2 is 1.92 bits per heavy atom. The van der Waals surface area contributed by atoms with Crippen LogP contribution < -0.4 is 0 Å². The summed E-state index contributed by atoms with van der Waals surface area (Å²) < 4.78 is 17.0. The van der Waals surface area contributed by atoms with E-state index in [1.165, 1.54) is 16.3 Å². The maximum Gasteiger partial charge on any atom is 0.144 e. The SMILES string of the molecule is C=CC[C@]1(Cc2ccc3ccccc3c2)CCC/C1=N\[S+]([O-])C(C)(C)C. The number of nitrogens with zero attached hydrogens (tertiary/aromatic N) is 1. The minimum Gasteiger partial charge on any atom is -0.591 e. The maximum atomic E-state index is 12.6. The number of allylic oxidation sites excluding steroid dienone is 1. The summed E-state index contributed by atoms with van der Waals surface area (Å²) in [5.41, 5.74) is 2.41. The van der Waals surface area contributed by atoms with Crippen molar-refractivity contribution in [2.75, 3.05) is 0 Å². The molecule has 0 aromatic heterocycles. The van der Waals surface area contributed by atoms with Gasteiger partial charge in [0, 0.05) is 5.41 Å². The van der Waals surface area contributed by atoms with E-state index >= 15 is 0 Å². The highest BCUT2D eigenvalue weighted by atomic mass is 32.2. The second kappa shape index (κ2) is 7.58. The zero-order valence-electron chi connectivity index (χ0n) is 16.1. The van der Waals surface area contributed by atoms with Gasteiger partial charge in [-0.2, -0.15) is 0 Å². The van der Waals surface area contributed by atoms with Gasteiger partial charge in [-0.3, -0.25) is 0 Å². The summed E-state index contributed by atoms with van der Waals surface area (Å²) >= 11 is -1.20. The average Bonchev–Trinajstić information content (AvgIpc) is 2.96. The van der Waals surface area contributed by atoms with Crippen LogP contribution in [0.15, 0.2) is 59.5 Å². The monoisotopic (exact) mass is 367 g/mol.